The first-order valence-electron chi connectivity index (χ1n) is 10.1. The Balaban J connectivity index is 1.62. The van der Waals surface area contributed by atoms with Gasteiger partial charge in [-0.2, -0.15) is 0 Å². The quantitative estimate of drug-likeness (QED) is 0.512. The standard InChI is InChI=1S/C25H26N2O4/c1-18(31-21-14-12-20(13-15-21)19-8-4-3-5-9-19)24(28)27-23-11-7-6-10-22(23)25(29)26-16-17-30-2/h3-15,18H,16-17H2,1-2H3,(H,26,29)(H,27,28)/t18-/m0/s1. The fourth-order valence-corrected chi connectivity index (χ4v) is 3.00. The molecule has 6 heteroatoms. The van der Waals surface area contributed by atoms with Crippen LogP contribution in [0.25, 0.3) is 11.1 Å². The highest BCUT2D eigenvalue weighted by Crippen LogP contribution is 2.23. The number of hydrogen-bond acceptors (Lipinski definition) is 4. The van der Waals surface area contributed by atoms with E-state index in [2.05, 4.69) is 10.6 Å². The molecule has 6 nitrogen and oxygen atoms in total. The Bertz CT molecular complexity index is 1000. The van der Waals surface area contributed by atoms with Gasteiger partial charge in [0.15, 0.2) is 6.10 Å². The predicted octanol–water partition coefficient (Wildman–Crippen LogP) is 4.14. The summed E-state index contributed by atoms with van der Waals surface area (Å²) in [7, 11) is 1.57. The summed E-state index contributed by atoms with van der Waals surface area (Å²) in [5.41, 5.74) is 2.99. The number of benzene rings is 3. The molecule has 0 aliphatic heterocycles. The Kier molecular flexibility index (Phi) is 7.79. The molecule has 3 aromatic carbocycles. The van der Waals surface area contributed by atoms with Crippen LogP contribution in [0.5, 0.6) is 5.75 Å². The molecule has 3 rings (SSSR count). The summed E-state index contributed by atoms with van der Waals surface area (Å²) in [5.74, 6) is -0.0322. The van der Waals surface area contributed by atoms with E-state index in [4.69, 9.17) is 9.47 Å². The molecule has 0 aliphatic carbocycles. The lowest BCUT2D eigenvalue weighted by molar-refractivity contribution is -0.122. The second kappa shape index (κ2) is 10.9. The number of methoxy groups -OCH3 is 1. The largest absolute Gasteiger partial charge is 0.481 e. The molecule has 0 heterocycles. The van der Waals surface area contributed by atoms with Crippen LogP contribution < -0.4 is 15.4 Å². The molecule has 0 spiro atoms. The molecule has 0 saturated carbocycles. The van der Waals surface area contributed by atoms with Crippen molar-refractivity contribution in [2.75, 3.05) is 25.6 Å². The van der Waals surface area contributed by atoms with Crippen LogP contribution in [0.15, 0.2) is 78.9 Å². The van der Waals surface area contributed by atoms with Crippen molar-refractivity contribution >= 4 is 17.5 Å². The van der Waals surface area contributed by atoms with E-state index in [9.17, 15) is 9.59 Å². The lowest BCUT2D eigenvalue weighted by Gasteiger charge is -2.17. The maximum absolute atomic E-state index is 12.7. The molecule has 0 radical (unpaired) electrons. The Morgan fingerprint density at radius 1 is 0.871 bits per heavy atom. The smallest absolute Gasteiger partial charge is 0.265 e. The minimum atomic E-state index is -0.743. The number of rotatable bonds is 9. The summed E-state index contributed by atoms with van der Waals surface area (Å²) in [6.07, 6.45) is -0.743. The summed E-state index contributed by atoms with van der Waals surface area (Å²) in [4.78, 5) is 25.0. The molecule has 0 unspecified atom stereocenters. The molecule has 31 heavy (non-hydrogen) atoms. The summed E-state index contributed by atoms with van der Waals surface area (Å²) in [6, 6.07) is 24.5. The SMILES string of the molecule is COCCNC(=O)c1ccccc1NC(=O)[C@H](C)Oc1ccc(-c2ccccc2)cc1. The Morgan fingerprint density at radius 2 is 1.52 bits per heavy atom. The summed E-state index contributed by atoms with van der Waals surface area (Å²) in [6.45, 7) is 2.46. The van der Waals surface area contributed by atoms with Crippen LogP contribution in [0, 0.1) is 0 Å². The van der Waals surface area contributed by atoms with Gasteiger partial charge in [-0.1, -0.05) is 54.6 Å². The zero-order valence-corrected chi connectivity index (χ0v) is 17.6. The molecule has 0 saturated heterocycles. The Labute approximate surface area is 182 Å². The van der Waals surface area contributed by atoms with Gasteiger partial charge in [0, 0.05) is 13.7 Å². The lowest BCUT2D eigenvalue weighted by Crippen LogP contribution is -2.32. The number of anilines is 1. The number of amides is 2. The first kappa shape index (κ1) is 22.1. The van der Waals surface area contributed by atoms with Crippen LogP contribution in [-0.4, -0.2) is 38.2 Å². The van der Waals surface area contributed by atoms with E-state index >= 15 is 0 Å². The molecule has 3 aromatic rings. The number of carbonyl (C=O) groups excluding carboxylic acids is 2. The zero-order valence-electron chi connectivity index (χ0n) is 17.6. The van der Waals surface area contributed by atoms with Crippen molar-refractivity contribution in [2.45, 2.75) is 13.0 Å². The van der Waals surface area contributed by atoms with Gasteiger partial charge in [0.1, 0.15) is 5.75 Å². The lowest BCUT2D eigenvalue weighted by atomic mass is 10.1. The van der Waals surface area contributed by atoms with Gasteiger partial charge in [0.05, 0.1) is 17.9 Å². The van der Waals surface area contributed by atoms with Gasteiger partial charge in [-0.25, -0.2) is 0 Å². The predicted molar refractivity (Wildman–Crippen MR) is 121 cm³/mol. The molecule has 0 aromatic heterocycles. The van der Waals surface area contributed by atoms with Crippen LogP contribution in [0.3, 0.4) is 0 Å². The van der Waals surface area contributed by atoms with Crippen molar-refractivity contribution in [3.63, 3.8) is 0 Å². The van der Waals surface area contributed by atoms with E-state index < -0.39 is 6.10 Å². The van der Waals surface area contributed by atoms with Crippen molar-refractivity contribution in [1.29, 1.82) is 0 Å². The van der Waals surface area contributed by atoms with E-state index in [1.54, 1.807) is 38.3 Å². The first-order valence-corrected chi connectivity index (χ1v) is 10.1. The zero-order chi connectivity index (χ0) is 22.1. The number of carbonyl (C=O) groups is 2. The minimum absolute atomic E-state index is 0.280. The van der Waals surface area contributed by atoms with E-state index in [0.717, 1.165) is 11.1 Å². The summed E-state index contributed by atoms with van der Waals surface area (Å²) < 4.78 is 10.7. The van der Waals surface area contributed by atoms with Gasteiger partial charge in [0.25, 0.3) is 11.8 Å². The van der Waals surface area contributed by atoms with E-state index in [1.165, 1.54) is 0 Å². The van der Waals surface area contributed by atoms with Crippen LogP contribution in [0.1, 0.15) is 17.3 Å². The average Bonchev–Trinajstić information content (AvgIpc) is 2.80. The highest BCUT2D eigenvalue weighted by atomic mass is 16.5. The molecule has 160 valence electrons. The summed E-state index contributed by atoms with van der Waals surface area (Å²) in [5, 5.41) is 5.54. The Hall–Kier alpha value is -3.64. The highest BCUT2D eigenvalue weighted by molar-refractivity contribution is 6.04. The fraction of sp³-hybridized carbons (Fsp3) is 0.200. The number of hydrogen-bond donors (Lipinski definition) is 2. The minimum Gasteiger partial charge on any atom is -0.481 e. The van der Waals surface area contributed by atoms with Gasteiger partial charge in [0.2, 0.25) is 0 Å². The molecular weight excluding hydrogens is 392 g/mol. The maximum atomic E-state index is 12.7. The van der Waals surface area contributed by atoms with Gasteiger partial charge in [-0.3, -0.25) is 9.59 Å². The monoisotopic (exact) mass is 418 g/mol. The van der Waals surface area contributed by atoms with Crippen molar-refractivity contribution < 1.29 is 19.1 Å². The molecular formula is C25H26N2O4. The van der Waals surface area contributed by atoms with E-state index in [1.807, 2.05) is 54.6 Å². The van der Waals surface area contributed by atoms with E-state index in [0.29, 0.717) is 30.2 Å². The van der Waals surface area contributed by atoms with Gasteiger partial charge in [-0.05, 0) is 42.3 Å². The van der Waals surface area contributed by atoms with Crippen LogP contribution in [0.2, 0.25) is 0 Å². The van der Waals surface area contributed by atoms with Gasteiger partial charge < -0.3 is 20.1 Å². The molecule has 2 N–H and O–H groups in total. The third kappa shape index (κ3) is 6.17. The summed E-state index contributed by atoms with van der Waals surface area (Å²) >= 11 is 0. The normalized spacial score (nSPS) is 11.4. The first-order chi connectivity index (χ1) is 15.1. The molecule has 1 atom stereocenters. The van der Waals surface area contributed by atoms with Crippen molar-refractivity contribution in [3.05, 3.63) is 84.4 Å². The Morgan fingerprint density at radius 3 is 2.23 bits per heavy atom. The number of para-hydroxylation sites is 1. The number of nitrogens with one attached hydrogen (secondary N) is 2. The second-order valence-electron chi connectivity index (χ2n) is 6.93. The maximum Gasteiger partial charge on any atom is 0.265 e. The van der Waals surface area contributed by atoms with Crippen molar-refractivity contribution in [2.24, 2.45) is 0 Å². The number of ether oxygens (including phenoxy) is 2. The molecule has 0 bridgehead atoms. The van der Waals surface area contributed by atoms with Crippen molar-refractivity contribution in [3.8, 4) is 16.9 Å². The fourth-order valence-electron chi connectivity index (χ4n) is 3.00. The van der Waals surface area contributed by atoms with Crippen LogP contribution >= 0.6 is 0 Å². The van der Waals surface area contributed by atoms with Crippen molar-refractivity contribution in [1.82, 2.24) is 5.32 Å². The van der Waals surface area contributed by atoms with E-state index in [-0.39, 0.29) is 11.8 Å². The highest BCUT2D eigenvalue weighted by Gasteiger charge is 2.18. The molecule has 2 amide bonds. The molecule has 0 fully saturated rings. The van der Waals surface area contributed by atoms with Crippen LogP contribution in [0.4, 0.5) is 5.69 Å². The second-order valence-corrected chi connectivity index (χ2v) is 6.93. The topological polar surface area (TPSA) is 76.7 Å². The third-order valence-corrected chi connectivity index (χ3v) is 4.66. The van der Waals surface area contributed by atoms with Gasteiger partial charge in [-0.15, -0.1) is 0 Å². The van der Waals surface area contributed by atoms with Crippen LogP contribution in [-0.2, 0) is 9.53 Å². The average molecular weight is 418 g/mol. The van der Waals surface area contributed by atoms with Gasteiger partial charge >= 0.3 is 0 Å². The molecule has 0 aliphatic rings. The third-order valence-electron chi connectivity index (χ3n) is 4.66.